The van der Waals surface area contributed by atoms with E-state index in [-0.39, 0.29) is 11.4 Å². The lowest BCUT2D eigenvalue weighted by Crippen LogP contribution is -2.51. The van der Waals surface area contributed by atoms with Crippen LogP contribution in [0.2, 0.25) is 0 Å². The van der Waals surface area contributed by atoms with Crippen LogP contribution in [0, 0.1) is 0 Å². The number of aryl methyl sites for hydroxylation is 1. The first-order valence-electron chi connectivity index (χ1n) is 10.7. The first-order chi connectivity index (χ1) is 14.3. The van der Waals surface area contributed by atoms with E-state index in [9.17, 15) is 4.79 Å². The number of nitrogens with zero attached hydrogens (tertiary/aromatic N) is 3. The molecule has 1 fully saturated rings. The molecule has 6 nitrogen and oxygen atoms in total. The van der Waals surface area contributed by atoms with Crippen molar-refractivity contribution in [1.82, 2.24) is 19.7 Å². The van der Waals surface area contributed by atoms with Crippen LogP contribution in [0.5, 0.6) is 0 Å². The lowest BCUT2D eigenvalue weighted by molar-refractivity contribution is 0.0669. The molecule has 0 bridgehead atoms. The van der Waals surface area contributed by atoms with Crippen molar-refractivity contribution in [1.29, 1.82) is 0 Å². The van der Waals surface area contributed by atoms with E-state index < -0.39 is 0 Å². The van der Waals surface area contributed by atoms with E-state index in [1.54, 1.807) is 0 Å². The van der Waals surface area contributed by atoms with Gasteiger partial charge < -0.3 is 14.8 Å². The minimum atomic E-state index is -0.125. The quantitative estimate of drug-likeness (QED) is 0.670. The normalized spacial score (nSPS) is 19.2. The van der Waals surface area contributed by atoms with Crippen LogP contribution in [0.4, 0.5) is 5.69 Å². The van der Waals surface area contributed by atoms with Gasteiger partial charge in [-0.05, 0) is 62.8 Å². The van der Waals surface area contributed by atoms with Crippen LogP contribution in [0.15, 0.2) is 42.6 Å². The summed E-state index contributed by atoms with van der Waals surface area (Å²) in [6, 6.07) is 12.8. The van der Waals surface area contributed by atoms with Crippen LogP contribution in [0.25, 0.3) is 5.69 Å². The number of amides is 1. The highest BCUT2D eigenvalue weighted by atomic mass is 16.2. The van der Waals surface area contributed by atoms with Gasteiger partial charge >= 0.3 is 0 Å². The van der Waals surface area contributed by atoms with E-state index in [0.717, 1.165) is 62.1 Å². The lowest BCUT2D eigenvalue weighted by atomic mass is 9.82. The Morgan fingerprint density at radius 3 is 2.76 bits per heavy atom. The van der Waals surface area contributed by atoms with Crippen LogP contribution in [-0.2, 0) is 18.4 Å². The molecule has 1 aliphatic carbocycles. The maximum absolute atomic E-state index is 13.2. The van der Waals surface area contributed by atoms with Gasteiger partial charge in [-0.3, -0.25) is 9.89 Å². The standard InChI is InChI=1S/C23H25N5O/c29-22(21-16-6-1-2-7-17(16)25-26-21)27-14-11-23(12-15-27)20-10-5-13-28(20)19-9-4-3-8-18(19)24-23/h3-5,8-10,13,24H,1-2,6-7,11-12,14-15H2,(H,25,26). The third kappa shape index (κ3) is 2.48. The van der Waals surface area contributed by atoms with Gasteiger partial charge in [0.15, 0.2) is 5.69 Å². The zero-order valence-corrected chi connectivity index (χ0v) is 16.4. The molecule has 1 amide bonds. The molecule has 0 atom stereocenters. The van der Waals surface area contributed by atoms with Crippen molar-refractivity contribution in [2.45, 2.75) is 44.1 Å². The first kappa shape index (κ1) is 16.9. The Balaban J connectivity index is 1.26. The van der Waals surface area contributed by atoms with Crippen LogP contribution in [-0.4, -0.2) is 38.7 Å². The summed E-state index contributed by atoms with van der Waals surface area (Å²) in [4.78, 5) is 15.2. The fourth-order valence-corrected chi connectivity index (χ4v) is 5.37. The maximum Gasteiger partial charge on any atom is 0.274 e. The van der Waals surface area contributed by atoms with E-state index >= 15 is 0 Å². The molecule has 6 rings (SSSR count). The molecule has 1 spiro atoms. The number of anilines is 1. The molecule has 29 heavy (non-hydrogen) atoms. The average Bonchev–Trinajstić information content (AvgIpc) is 3.42. The highest BCUT2D eigenvalue weighted by Gasteiger charge is 2.42. The highest BCUT2D eigenvalue weighted by molar-refractivity contribution is 5.94. The number of hydrogen-bond acceptors (Lipinski definition) is 3. The maximum atomic E-state index is 13.2. The van der Waals surface area contributed by atoms with Gasteiger partial charge in [-0.1, -0.05) is 12.1 Å². The second-order valence-electron chi connectivity index (χ2n) is 8.52. The molecule has 0 unspecified atom stereocenters. The van der Waals surface area contributed by atoms with Gasteiger partial charge in [-0.2, -0.15) is 5.10 Å². The predicted molar refractivity (Wildman–Crippen MR) is 111 cm³/mol. The Morgan fingerprint density at radius 1 is 1.03 bits per heavy atom. The number of carbonyl (C=O) groups is 1. The highest BCUT2D eigenvalue weighted by Crippen LogP contribution is 2.43. The third-order valence-electron chi connectivity index (χ3n) is 6.94. The van der Waals surface area contributed by atoms with Gasteiger partial charge in [0.25, 0.3) is 5.91 Å². The molecule has 2 aromatic heterocycles. The largest absolute Gasteiger partial charge is 0.372 e. The number of aromatic nitrogens is 3. The molecule has 1 aromatic carbocycles. The molecule has 4 heterocycles. The van der Waals surface area contributed by atoms with Gasteiger partial charge in [0, 0.05) is 36.2 Å². The number of nitrogens with one attached hydrogen (secondary N) is 2. The number of hydrogen-bond donors (Lipinski definition) is 2. The van der Waals surface area contributed by atoms with Crippen LogP contribution in [0.1, 0.15) is 53.1 Å². The zero-order chi connectivity index (χ0) is 19.4. The van der Waals surface area contributed by atoms with E-state index in [4.69, 9.17) is 0 Å². The number of piperidine rings is 1. The molecule has 0 radical (unpaired) electrons. The second-order valence-corrected chi connectivity index (χ2v) is 8.52. The molecule has 3 aliphatic rings. The molecule has 2 aliphatic heterocycles. The number of likely N-dealkylation sites (tertiary alicyclic amines) is 1. The first-order valence-corrected chi connectivity index (χ1v) is 10.7. The summed E-state index contributed by atoms with van der Waals surface area (Å²) in [7, 11) is 0. The predicted octanol–water partition coefficient (Wildman–Crippen LogP) is 3.64. The Morgan fingerprint density at radius 2 is 1.86 bits per heavy atom. The molecule has 148 valence electrons. The second kappa shape index (κ2) is 6.24. The molecule has 2 N–H and O–H groups in total. The van der Waals surface area contributed by atoms with Crippen molar-refractivity contribution in [2.75, 3.05) is 18.4 Å². The van der Waals surface area contributed by atoms with Gasteiger partial charge in [-0.25, -0.2) is 0 Å². The van der Waals surface area contributed by atoms with Gasteiger partial charge in [0.05, 0.1) is 16.9 Å². The molecule has 6 heteroatoms. The number of H-pyrrole nitrogens is 1. The van der Waals surface area contributed by atoms with Crippen molar-refractivity contribution in [3.63, 3.8) is 0 Å². The SMILES string of the molecule is O=C(c1n[nH]c2c1CCCC2)N1CCC2(CC1)Nc1ccccc1-n1cccc12. The Labute approximate surface area is 169 Å². The lowest BCUT2D eigenvalue weighted by Gasteiger charge is -2.46. The molecule has 0 saturated carbocycles. The summed E-state index contributed by atoms with van der Waals surface area (Å²) in [5.74, 6) is 0.0887. The number of benzene rings is 1. The van der Waals surface area contributed by atoms with Crippen LogP contribution < -0.4 is 5.32 Å². The summed E-state index contributed by atoms with van der Waals surface area (Å²) < 4.78 is 2.30. The van der Waals surface area contributed by atoms with Crippen LogP contribution in [0.3, 0.4) is 0 Å². The molecule has 1 saturated heterocycles. The number of carbonyl (C=O) groups excluding carboxylic acids is 1. The topological polar surface area (TPSA) is 66.0 Å². The third-order valence-corrected chi connectivity index (χ3v) is 6.94. The van der Waals surface area contributed by atoms with E-state index in [1.807, 2.05) is 4.90 Å². The molecule has 3 aromatic rings. The number of para-hydroxylation sites is 2. The zero-order valence-electron chi connectivity index (χ0n) is 16.4. The van der Waals surface area contributed by atoms with Crippen molar-refractivity contribution >= 4 is 11.6 Å². The minimum Gasteiger partial charge on any atom is -0.372 e. The van der Waals surface area contributed by atoms with E-state index in [0.29, 0.717) is 5.69 Å². The summed E-state index contributed by atoms with van der Waals surface area (Å²) in [6.07, 6.45) is 8.24. The van der Waals surface area contributed by atoms with Crippen molar-refractivity contribution in [2.24, 2.45) is 0 Å². The van der Waals surface area contributed by atoms with Gasteiger partial charge in [0.2, 0.25) is 0 Å². The van der Waals surface area contributed by atoms with Gasteiger partial charge in [-0.15, -0.1) is 0 Å². The van der Waals surface area contributed by atoms with Crippen molar-refractivity contribution < 1.29 is 4.79 Å². The number of aromatic amines is 1. The van der Waals surface area contributed by atoms with Crippen molar-refractivity contribution in [3.8, 4) is 5.69 Å². The fourth-order valence-electron chi connectivity index (χ4n) is 5.37. The summed E-state index contributed by atoms with van der Waals surface area (Å²) in [6.45, 7) is 1.47. The van der Waals surface area contributed by atoms with Crippen LogP contribution >= 0.6 is 0 Å². The number of fused-ring (bicyclic) bond motifs is 5. The monoisotopic (exact) mass is 387 g/mol. The average molecular weight is 387 g/mol. The van der Waals surface area contributed by atoms with Gasteiger partial charge in [0.1, 0.15) is 0 Å². The molecular formula is C23H25N5O. The smallest absolute Gasteiger partial charge is 0.274 e. The summed E-state index contributed by atoms with van der Waals surface area (Å²) >= 11 is 0. The fraction of sp³-hybridized carbons (Fsp3) is 0.391. The Bertz CT molecular complexity index is 1090. The van der Waals surface area contributed by atoms with E-state index in [2.05, 4.69) is 62.7 Å². The summed E-state index contributed by atoms with van der Waals surface area (Å²) in [5.41, 5.74) is 6.50. The Kier molecular flexibility index (Phi) is 3.63. The molecular weight excluding hydrogens is 362 g/mol. The number of rotatable bonds is 1. The summed E-state index contributed by atoms with van der Waals surface area (Å²) in [5, 5.41) is 11.3. The van der Waals surface area contributed by atoms with E-state index in [1.165, 1.54) is 17.8 Å². The van der Waals surface area contributed by atoms with Crippen molar-refractivity contribution in [3.05, 3.63) is 65.2 Å². The minimum absolute atomic E-state index is 0.0887. The Hall–Kier alpha value is -3.02.